The number of carbonyl (C=O) groups is 1. The highest BCUT2D eigenvalue weighted by atomic mass is 32.2. The van der Waals surface area contributed by atoms with Crippen LogP contribution < -0.4 is 5.32 Å². The number of carbonyl (C=O) groups excluding carboxylic acids is 1. The summed E-state index contributed by atoms with van der Waals surface area (Å²) in [5.74, 6) is -0.0161. The van der Waals surface area contributed by atoms with Crippen molar-refractivity contribution >= 4 is 23.4 Å². The minimum absolute atomic E-state index is 0.0660. The number of nitrogens with one attached hydrogen (secondary N) is 1. The van der Waals surface area contributed by atoms with Crippen molar-refractivity contribution in [2.45, 2.75) is 11.3 Å². The Morgan fingerprint density at radius 3 is 2.47 bits per heavy atom. The summed E-state index contributed by atoms with van der Waals surface area (Å²) in [5.41, 5.74) is 0.652. The maximum absolute atomic E-state index is 12.9. The zero-order valence-electron chi connectivity index (χ0n) is 16.5. The highest BCUT2D eigenvalue weighted by Crippen LogP contribution is 2.31. The second-order valence-corrected chi connectivity index (χ2v) is 7.55. The molecule has 0 saturated carbocycles. The molecule has 4 rings (SSSR count). The van der Waals surface area contributed by atoms with Gasteiger partial charge in [-0.15, -0.1) is 10.2 Å². The molecule has 10 heteroatoms. The molecule has 1 N–H and O–H groups in total. The van der Waals surface area contributed by atoms with E-state index in [1.165, 1.54) is 12.1 Å². The standard InChI is InChI=1S/C22H16F3N5OS/c23-22(24,25)15-7-6-8-16(13-15)27-19(31)14-32-21-29-28-20(18-11-4-5-12-26-18)30(21)17-9-2-1-3-10-17/h1-13H,14H2,(H,27,31). The summed E-state index contributed by atoms with van der Waals surface area (Å²) in [5, 5.41) is 11.4. The first-order chi connectivity index (χ1) is 15.4. The summed E-state index contributed by atoms with van der Waals surface area (Å²) in [4.78, 5) is 16.7. The predicted molar refractivity (Wildman–Crippen MR) is 115 cm³/mol. The Morgan fingerprint density at radius 1 is 0.969 bits per heavy atom. The van der Waals surface area contributed by atoms with Gasteiger partial charge in [-0.25, -0.2) is 0 Å². The Bertz CT molecular complexity index is 1210. The molecule has 0 aliphatic rings. The third kappa shape index (κ3) is 4.97. The number of hydrogen-bond donors (Lipinski definition) is 1. The summed E-state index contributed by atoms with van der Waals surface area (Å²) in [6, 6.07) is 19.3. The van der Waals surface area contributed by atoms with Gasteiger partial charge in [0.05, 0.1) is 11.3 Å². The first kappa shape index (κ1) is 21.6. The second-order valence-electron chi connectivity index (χ2n) is 6.61. The second kappa shape index (κ2) is 9.23. The fraction of sp³-hybridized carbons (Fsp3) is 0.0909. The van der Waals surface area contributed by atoms with Gasteiger partial charge in [0.25, 0.3) is 0 Å². The lowest BCUT2D eigenvalue weighted by Gasteiger charge is -2.11. The summed E-state index contributed by atoms with van der Waals surface area (Å²) in [6.45, 7) is 0. The zero-order valence-corrected chi connectivity index (χ0v) is 17.3. The topological polar surface area (TPSA) is 72.7 Å². The van der Waals surface area contributed by atoms with Crippen molar-refractivity contribution in [3.05, 3.63) is 84.6 Å². The van der Waals surface area contributed by atoms with E-state index in [4.69, 9.17) is 0 Å². The summed E-state index contributed by atoms with van der Waals surface area (Å²) < 4.78 is 40.4. The fourth-order valence-electron chi connectivity index (χ4n) is 2.93. The number of pyridine rings is 1. The SMILES string of the molecule is O=C(CSc1nnc(-c2ccccn2)n1-c1ccccc1)Nc1cccc(C(F)(F)F)c1. The van der Waals surface area contributed by atoms with Crippen molar-refractivity contribution in [2.75, 3.05) is 11.1 Å². The van der Waals surface area contributed by atoms with Crippen LogP contribution in [0.4, 0.5) is 18.9 Å². The molecule has 2 aromatic heterocycles. The van der Waals surface area contributed by atoms with E-state index in [2.05, 4.69) is 20.5 Å². The Morgan fingerprint density at radius 2 is 1.75 bits per heavy atom. The summed E-state index contributed by atoms with van der Waals surface area (Å²) >= 11 is 1.12. The van der Waals surface area contributed by atoms with Crippen LogP contribution in [0.5, 0.6) is 0 Å². The third-order valence-corrected chi connectivity index (χ3v) is 5.28. The quantitative estimate of drug-likeness (QED) is 0.411. The van der Waals surface area contributed by atoms with Gasteiger partial charge < -0.3 is 5.32 Å². The zero-order chi connectivity index (χ0) is 22.6. The molecule has 2 heterocycles. The molecule has 0 unspecified atom stereocenters. The van der Waals surface area contributed by atoms with Crippen LogP contribution in [-0.4, -0.2) is 31.4 Å². The molecule has 0 spiro atoms. The lowest BCUT2D eigenvalue weighted by atomic mass is 10.2. The third-order valence-electron chi connectivity index (χ3n) is 4.35. The molecule has 0 atom stereocenters. The number of aromatic nitrogens is 4. The van der Waals surface area contributed by atoms with Gasteiger partial charge >= 0.3 is 6.18 Å². The Balaban J connectivity index is 1.54. The van der Waals surface area contributed by atoms with Crippen molar-refractivity contribution < 1.29 is 18.0 Å². The van der Waals surface area contributed by atoms with E-state index in [0.29, 0.717) is 16.7 Å². The smallest absolute Gasteiger partial charge is 0.325 e. The Kier molecular flexibility index (Phi) is 6.22. The first-order valence-electron chi connectivity index (χ1n) is 9.44. The van der Waals surface area contributed by atoms with Gasteiger partial charge in [0.2, 0.25) is 5.91 Å². The molecule has 6 nitrogen and oxygen atoms in total. The molecule has 0 aliphatic heterocycles. The van der Waals surface area contributed by atoms with Gasteiger partial charge in [-0.05, 0) is 42.5 Å². The van der Waals surface area contributed by atoms with Crippen LogP contribution in [0.15, 0.2) is 84.1 Å². The normalized spacial score (nSPS) is 11.3. The van der Waals surface area contributed by atoms with Crippen LogP contribution in [0.2, 0.25) is 0 Å². The number of hydrogen-bond acceptors (Lipinski definition) is 5. The monoisotopic (exact) mass is 455 g/mol. The van der Waals surface area contributed by atoms with E-state index in [9.17, 15) is 18.0 Å². The van der Waals surface area contributed by atoms with E-state index in [0.717, 1.165) is 29.6 Å². The number of rotatable bonds is 6. The van der Waals surface area contributed by atoms with Crippen molar-refractivity contribution in [1.29, 1.82) is 0 Å². The molecule has 0 radical (unpaired) electrons. The molecule has 1 amide bonds. The minimum Gasteiger partial charge on any atom is -0.325 e. The average molecular weight is 455 g/mol. The van der Waals surface area contributed by atoms with Crippen molar-refractivity contribution in [2.24, 2.45) is 0 Å². The van der Waals surface area contributed by atoms with Crippen molar-refractivity contribution in [3.63, 3.8) is 0 Å². The van der Waals surface area contributed by atoms with Gasteiger partial charge in [-0.1, -0.05) is 42.1 Å². The fourth-order valence-corrected chi connectivity index (χ4v) is 3.69. The summed E-state index contributed by atoms with van der Waals surface area (Å²) in [6.07, 6.45) is -2.84. The molecule has 162 valence electrons. The Labute approximate surface area is 185 Å². The lowest BCUT2D eigenvalue weighted by Crippen LogP contribution is -2.15. The molecule has 0 bridgehead atoms. The summed E-state index contributed by atoms with van der Waals surface area (Å²) in [7, 11) is 0. The maximum atomic E-state index is 12.9. The van der Waals surface area contributed by atoms with E-state index >= 15 is 0 Å². The van der Waals surface area contributed by atoms with Crippen LogP contribution in [0.25, 0.3) is 17.2 Å². The number of halogens is 3. The molecule has 0 aliphatic carbocycles. The lowest BCUT2D eigenvalue weighted by molar-refractivity contribution is -0.137. The van der Waals surface area contributed by atoms with Gasteiger partial charge in [-0.3, -0.25) is 14.3 Å². The molecule has 32 heavy (non-hydrogen) atoms. The van der Waals surface area contributed by atoms with E-state index in [-0.39, 0.29) is 11.4 Å². The minimum atomic E-state index is -4.48. The van der Waals surface area contributed by atoms with Crippen LogP contribution in [-0.2, 0) is 11.0 Å². The highest BCUT2D eigenvalue weighted by molar-refractivity contribution is 7.99. The average Bonchev–Trinajstić information content (AvgIpc) is 3.22. The molecule has 4 aromatic rings. The molecule has 0 fully saturated rings. The van der Waals surface area contributed by atoms with Crippen molar-refractivity contribution in [1.82, 2.24) is 19.7 Å². The number of thioether (sulfide) groups is 1. The maximum Gasteiger partial charge on any atom is 0.416 e. The number of para-hydroxylation sites is 1. The number of anilines is 1. The largest absolute Gasteiger partial charge is 0.416 e. The molecule has 0 saturated heterocycles. The number of amides is 1. The number of nitrogens with zero attached hydrogens (tertiary/aromatic N) is 4. The van der Waals surface area contributed by atoms with Gasteiger partial charge in [0.1, 0.15) is 5.69 Å². The van der Waals surface area contributed by atoms with Crippen LogP contribution >= 0.6 is 11.8 Å². The first-order valence-corrected chi connectivity index (χ1v) is 10.4. The molecular weight excluding hydrogens is 439 g/mol. The van der Waals surface area contributed by atoms with Crippen LogP contribution in [0.3, 0.4) is 0 Å². The van der Waals surface area contributed by atoms with Crippen LogP contribution in [0.1, 0.15) is 5.56 Å². The number of alkyl halides is 3. The van der Waals surface area contributed by atoms with E-state index in [1.807, 2.05) is 36.4 Å². The predicted octanol–water partition coefficient (Wildman–Crippen LogP) is 5.08. The van der Waals surface area contributed by atoms with Gasteiger partial charge in [0, 0.05) is 17.6 Å². The highest BCUT2D eigenvalue weighted by Gasteiger charge is 2.30. The Hall–Kier alpha value is -3.66. The van der Waals surface area contributed by atoms with E-state index in [1.54, 1.807) is 22.9 Å². The number of benzene rings is 2. The van der Waals surface area contributed by atoms with Gasteiger partial charge in [0.15, 0.2) is 11.0 Å². The molecular formula is C22H16F3N5OS. The van der Waals surface area contributed by atoms with Gasteiger partial charge in [-0.2, -0.15) is 13.2 Å². The van der Waals surface area contributed by atoms with Crippen LogP contribution in [0, 0.1) is 0 Å². The molecule has 2 aromatic carbocycles. The van der Waals surface area contributed by atoms with Crippen molar-refractivity contribution in [3.8, 4) is 17.2 Å². The van der Waals surface area contributed by atoms with E-state index < -0.39 is 17.6 Å².